The Morgan fingerprint density at radius 1 is 1.28 bits per heavy atom. The Bertz CT molecular complexity index is 729. The molecule has 3 nitrogen and oxygen atoms in total. The summed E-state index contributed by atoms with van der Waals surface area (Å²) in [6, 6.07) is 9.09. The molecule has 0 heterocycles. The lowest BCUT2D eigenvalue weighted by Gasteiger charge is -2.41. The first kappa shape index (κ1) is 17.7. The zero-order chi connectivity index (χ0) is 18.2. The summed E-state index contributed by atoms with van der Waals surface area (Å²) < 4.78 is 6.00. The summed E-state index contributed by atoms with van der Waals surface area (Å²) in [7, 11) is 0. The molecule has 0 radical (unpaired) electrons. The van der Waals surface area contributed by atoms with Crippen molar-refractivity contribution in [3.05, 3.63) is 60.2 Å². The molecular formula is C22H26O3. The third kappa shape index (κ3) is 2.97. The van der Waals surface area contributed by atoms with Crippen molar-refractivity contribution < 1.29 is 14.3 Å². The van der Waals surface area contributed by atoms with Crippen molar-refractivity contribution >= 4 is 11.8 Å². The number of hydrogen-bond donors (Lipinski definition) is 0. The molecule has 2 aliphatic rings. The van der Waals surface area contributed by atoms with Gasteiger partial charge in [-0.1, -0.05) is 44.2 Å². The van der Waals surface area contributed by atoms with E-state index in [1.165, 1.54) is 0 Å². The first-order valence-corrected chi connectivity index (χ1v) is 8.91. The lowest BCUT2D eigenvalue weighted by molar-refractivity contribution is -0.117. The first-order valence-electron chi connectivity index (χ1n) is 8.91. The largest absolute Gasteiger partial charge is 0.458 e. The molecule has 0 amide bonds. The van der Waals surface area contributed by atoms with Crippen molar-refractivity contribution in [3.8, 4) is 0 Å². The van der Waals surface area contributed by atoms with Crippen LogP contribution in [0.3, 0.4) is 0 Å². The highest BCUT2D eigenvalue weighted by atomic mass is 16.5. The number of carbonyl (C=O) groups excluding carboxylic acids is 2. The molecule has 3 rings (SSSR count). The van der Waals surface area contributed by atoms with Gasteiger partial charge in [0, 0.05) is 11.8 Å². The van der Waals surface area contributed by atoms with Gasteiger partial charge in [-0.15, -0.1) is 6.58 Å². The predicted octanol–water partition coefficient (Wildman–Crippen LogP) is 4.74. The SMILES string of the molecule is C=C[C@H]1C(C)(C)C[C@H](OC(=O)c2ccccc2)[C@@]12C=C(C)C(=O)CC2. The fourth-order valence-corrected chi connectivity index (χ4v) is 4.77. The Kier molecular flexibility index (Phi) is 4.44. The number of rotatable bonds is 3. The van der Waals surface area contributed by atoms with Crippen molar-refractivity contribution in [2.45, 2.75) is 46.1 Å². The van der Waals surface area contributed by atoms with Gasteiger partial charge in [0.25, 0.3) is 0 Å². The number of Topliss-reactive ketones (excluding diaryl/α,β-unsaturated/α-hetero) is 1. The average Bonchev–Trinajstić information content (AvgIpc) is 2.78. The fourth-order valence-electron chi connectivity index (χ4n) is 4.77. The van der Waals surface area contributed by atoms with Gasteiger partial charge in [-0.3, -0.25) is 4.79 Å². The highest BCUT2D eigenvalue weighted by molar-refractivity contribution is 5.96. The second-order valence-electron chi connectivity index (χ2n) is 8.03. The predicted molar refractivity (Wildman–Crippen MR) is 98.2 cm³/mol. The third-order valence-electron chi connectivity index (χ3n) is 5.94. The van der Waals surface area contributed by atoms with Crippen LogP contribution in [-0.2, 0) is 9.53 Å². The lowest BCUT2D eigenvalue weighted by Crippen LogP contribution is -2.40. The van der Waals surface area contributed by atoms with E-state index in [2.05, 4.69) is 26.5 Å². The first-order chi connectivity index (χ1) is 11.8. The van der Waals surface area contributed by atoms with E-state index in [0.717, 1.165) is 12.0 Å². The molecule has 3 heteroatoms. The molecule has 0 bridgehead atoms. The molecule has 2 aliphatic carbocycles. The molecule has 0 saturated heterocycles. The topological polar surface area (TPSA) is 43.4 Å². The molecule has 0 unspecified atom stereocenters. The van der Waals surface area contributed by atoms with Crippen LogP contribution >= 0.6 is 0 Å². The summed E-state index contributed by atoms with van der Waals surface area (Å²) in [5, 5.41) is 0. The molecule has 1 spiro atoms. The standard InChI is InChI=1S/C22H26O3/c1-5-18-21(3,4)14-19(22(18)12-11-17(23)15(2)13-22)25-20(24)16-9-7-6-8-10-16/h5-10,13,18-19H,1,11-12,14H2,2-4H3/t18-,19-,22-/m0/s1. The van der Waals surface area contributed by atoms with Crippen molar-refractivity contribution in [1.29, 1.82) is 0 Å². The lowest BCUT2D eigenvalue weighted by atomic mass is 9.64. The summed E-state index contributed by atoms with van der Waals surface area (Å²) in [5.41, 5.74) is 0.954. The summed E-state index contributed by atoms with van der Waals surface area (Å²) in [4.78, 5) is 24.7. The monoisotopic (exact) mass is 338 g/mol. The van der Waals surface area contributed by atoms with Gasteiger partial charge in [0.05, 0.1) is 5.56 Å². The van der Waals surface area contributed by atoms with Gasteiger partial charge >= 0.3 is 5.97 Å². The Hall–Kier alpha value is -2.16. The molecule has 3 atom stereocenters. The number of allylic oxidation sites excluding steroid dienone is 2. The maximum Gasteiger partial charge on any atom is 0.338 e. The highest BCUT2D eigenvalue weighted by Crippen LogP contribution is 2.60. The van der Waals surface area contributed by atoms with E-state index in [-0.39, 0.29) is 34.6 Å². The van der Waals surface area contributed by atoms with Gasteiger partial charge in [-0.05, 0) is 48.8 Å². The van der Waals surface area contributed by atoms with Crippen LogP contribution < -0.4 is 0 Å². The zero-order valence-corrected chi connectivity index (χ0v) is 15.2. The van der Waals surface area contributed by atoms with Crippen molar-refractivity contribution in [2.24, 2.45) is 16.7 Å². The quantitative estimate of drug-likeness (QED) is 0.590. The smallest absolute Gasteiger partial charge is 0.338 e. The van der Waals surface area contributed by atoms with E-state index in [9.17, 15) is 9.59 Å². The van der Waals surface area contributed by atoms with E-state index >= 15 is 0 Å². The van der Waals surface area contributed by atoms with Gasteiger partial charge in [0.1, 0.15) is 6.10 Å². The minimum atomic E-state index is -0.340. The minimum Gasteiger partial charge on any atom is -0.458 e. The van der Waals surface area contributed by atoms with Crippen LogP contribution in [0.2, 0.25) is 0 Å². The Labute approximate surface area is 149 Å². The van der Waals surface area contributed by atoms with Gasteiger partial charge in [-0.2, -0.15) is 0 Å². The van der Waals surface area contributed by atoms with Crippen molar-refractivity contribution in [2.75, 3.05) is 0 Å². The molecule has 1 aromatic carbocycles. The molecule has 0 aromatic heterocycles. The Balaban J connectivity index is 1.98. The summed E-state index contributed by atoms with van der Waals surface area (Å²) in [6.45, 7) is 10.3. The third-order valence-corrected chi connectivity index (χ3v) is 5.94. The number of hydrogen-bond acceptors (Lipinski definition) is 3. The highest BCUT2D eigenvalue weighted by Gasteiger charge is 2.58. The van der Waals surface area contributed by atoms with E-state index in [0.29, 0.717) is 18.4 Å². The van der Waals surface area contributed by atoms with Gasteiger partial charge in [0.15, 0.2) is 5.78 Å². The summed E-state index contributed by atoms with van der Waals surface area (Å²) in [6.07, 6.45) is 5.76. The molecule has 0 aliphatic heterocycles. The fraction of sp³-hybridized carbons (Fsp3) is 0.455. The molecular weight excluding hydrogens is 312 g/mol. The van der Waals surface area contributed by atoms with Crippen LogP contribution in [0.15, 0.2) is 54.6 Å². The number of ketones is 1. The molecule has 132 valence electrons. The van der Waals surface area contributed by atoms with E-state index < -0.39 is 0 Å². The maximum absolute atomic E-state index is 12.6. The minimum absolute atomic E-state index is 0.0411. The van der Waals surface area contributed by atoms with Crippen LogP contribution in [0.4, 0.5) is 0 Å². The van der Waals surface area contributed by atoms with E-state index in [1.807, 2.05) is 31.2 Å². The number of carbonyl (C=O) groups is 2. The van der Waals surface area contributed by atoms with Crippen LogP contribution in [-0.4, -0.2) is 17.9 Å². The number of benzene rings is 1. The van der Waals surface area contributed by atoms with Gasteiger partial charge in [-0.25, -0.2) is 4.79 Å². The van der Waals surface area contributed by atoms with E-state index in [1.54, 1.807) is 12.1 Å². The molecule has 25 heavy (non-hydrogen) atoms. The van der Waals surface area contributed by atoms with Crippen LogP contribution in [0.5, 0.6) is 0 Å². The molecule has 1 aromatic rings. The number of esters is 1. The van der Waals surface area contributed by atoms with Gasteiger partial charge < -0.3 is 4.74 Å². The average molecular weight is 338 g/mol. The van der Waals surface area contributed by atoms with Crippen molar-refractivity contribution in [1.82, 2.24) is 0 Å². The van der Waals surface area contributed by atoms with Crippen LogP contribution in [0.1, 0.15) is 50.4 Å². The van der Waals surface area contributed by atoms with E-state index in [4.69, 9.17) is 4.74 Å². The summed E-state index contributed by atoms with van der Waals surface area (Å²) >= 11 is 0. The molecule has 0 N–H and O–H groups in total. The maximum atomic E-state index is 12.6. The van der Waals surface area contributed by atoms with Gasteiger partial charge in [0.2, 0.25) is 0 Å². The molecule has 1 saturated carbocycles. The number of ether oxygens (including phenoxy) is 1. The van der Waals surface area contributed by atoms with Crippen LogP contribution in [0.25, 0.3) is 0 Å². The second kappa shape index (κ2) is 6.29. The Morgan fingerprint density at radius 2 is 1.96 bits per heavy atom. The van der Waals surface area contributed by atoms with Crippen LogP contribution in [0, 0.1) is 16.7 Å². The summed E-state index contributed by atoms with van der Waals surface area (Å²) in [5.74, 6) is 0.0522. The zero-order valence-electron chi connectivity index (χ0n) is 15.2. The Morgan fingerprint density at radius 3 is 2.56 bits per heavy atom. The second-order valence-corrected chi connectivity index (χ2v) is 8.03. The molecule has 1 fully saturated rings. The normalized spacial score (nSPS) is 30.8. The van der Waals surface area contributed by atoms with Crippen molar-refractivity contribution in [3.63, 3.8) is 0 Å².